The molecule has 0 saturated carbocycles. The average Bonchev–Trinajstić information content (AvgIpc) is 2.98. The zero-order valence-corrected chi connectivity index (χ0v) is 12.1. The fraction of sp³-hybridized carbons (Fsp3) is 0.125. The van der Waals surface area contributed by atoms with Gasteiger partial charge in [0.05, 0.1) is 6.54 Å². The first-order valence-electron chi connectivity index (χ1n) is 6.86. The van der Waals surface area contributed by atoms with Crippen molar-refractivity contribution < 1.29 is 4.79 Å². The average molecular weight is 293 g/mol. The maximum Gasteiger partial charge on any atom is 0.248 e. The monoisotopic (exact) mass is 293 g/mol. The van der Waals surface area contributed by atoms with Gasteiger partial charge in [-0.15, -0.1) is 10.2 Å². The third-order valence-corrected chi connectivity index (χ3v) is 3.45. The summed E-state index contributed by atoms with van der Waals surface area (Å²) in [5, 5.41) is 12.5. The zero-order valence-electron chi connectivity index (χ0n) is 12.1. The van der Waals surface area contributed by atoms with Gasteiger partial charge in [-0.05, 0) is 35.4 Å². The first-order valence-corrected chi connectivity index (χ1v) is 6.86. The van der Waals surface area contributed by atoms with E-state index in [4.69, 9.17) is 5.73 Å². The van der Waals surface area contributed by atoms with Gasteiger partial charge in [0, 0.05) is 11.1 Å². The van der Waals surface area contributed by atoms with Crippen LogP contribution < -0.4 is 5.73 Å². The smallest absolute Gasteiger partial charge is 0.248 e. The van der Waals surface area contributed by atoms with Crippen molar-refractivity contribution >= 4 is 5.91 Å². The van der Waals surface area contributed by atoms with E-state index < -0.39 is 5.91 Å². The molecule has 110 valence electrons. The molecule has 2 aromatic carbocycles. The SMILES string of the molecule is Cc1ccccc1Cn1nnc(-c2ccc(C(N)=O)cc2)n1. The predicted molar refractivity (Wildman–Crippen MR) is 82.1 cm³/mol. The maximum absolute atomic E-state index is 11.1. The van der Waals surface area contributed by atoms with Crippen LogP contribution in [0, 0.1) is 6.92 Å². The molecule has 1 heterocycles. The number of tetrazole rings is 1. The second kappa shape index (κ2) is 5.77. The van der Waals surface area contributed by atoms with Crippen molar-refractivity contribution in [2.75, 3.05) is 0 Å². The number of nitrogens with zero attached hydrogens (tertiary/aromatic N) is 4. The van der Waals surface area contributed by atoms with Crippen LogP contribution in [0.1, 0.15) is 21.5 Å². The van der Waals surface area contributed by atoms with Crippen molar-refractivity contribution in [3.05, 3.63) is 65.2 Å². The minimum absolute atomic E-state index is 0.455. The van der Waals surface area contributed by atoms with E-state index in [0.29, 0.717) is 17.9 Å². The van der Waals surface area contributed by atoms with Gasteiger partial charge in [-0.2, -0.15) is 4.80 Å². The van der Waals surface area contributed by atoms with Crippen LogP contribution >= 0.6 is 0 Å². The van der Waals surface area contributed by atoms with Crippen LogP contribution in [0.5, 0.6) is 0 Å². The Balaban J connectivity index is 1.81. The number of rotatable bonds is 4. The molecule has 6 nitrogen and oxygen atoms in total. The largest absolute Gasteiger partial charge is 0.366 e. The first-order chi connectivity index (χ1) is 10.6. The lowest BCUT2D eigenvalue weighted by Crippen LogP contribution is -2.10. The van der Waals surface area contributed by atoms with E-state index in [9.17, 15) is 4.79 Å². The van der Waals surface area contributed by atoms with Crippen molar-refractivity contribution in [1.29, 1.82) is 0 Å². The number of amides is 1. The Bertz CT molecular complexity index is 807. The summed E-state index contributed by atoms with van der Waals surface area (Å²) in [5.41, 5.74) is 8.80. The Morgan fingerprint density at radius 2 is 1.86 bits per heavy atom. The van der Waals surface area contributed by atoms with Gasteiger partial charge in [0.2, 0.25) is 11.7 Å². The van der Waals surface area contributed by atoms with Crippen molar-refractivity contribution in [1.82, 2.24) is 20.2 Å². The Hall–Kier alpha value is -3.02. The second-order valence-electron chi connectivity index (χ2n) is 5.01. The Labute approximate surface area is 127 Å². The fourth-order valence-corrected chi connectivity index (χ4v) is 2.15. The molecule has 22 heavy (non-hydrogen) atoms. The van der Waals surface area contributed by atoms with E-state index in [2.05, 4.69) is 28.4 Å². The Morgan fingerprint density at radius 1 is 1.14 bits per heavy atom. The predicted octanol–water partition coefficient (Wildman–Crippen LogP) is 1.80. The van der Waals surface area contributed by atoms with Gasteiger partial charge in [-0.1, -0.05) is 36.4 Å². The lowest BCUT2D eigenvalue weighted by atomic mass is 10.1. The topological polar surface area (TPSA) is 86.7 Å². The van der Waals surface area contributed by atoms with Crippen molar-refractivity contribution in [2.24, 2.45) is 5.73 Å². The number of aromatic nitrogens is 4. The molecule has 0 aliphatic carbocycles. The third-order valence-electron chi connectivity index (χ3n) is 3.45. The molecular weight excluding hydrogens is 278 g/mol. The molecule has 0 saturated heterocycles. The lowest BCUT2D eigenvalue weighted by Gasteiger charge is -2.03. The number of nitrogens with two attached hydrogens (primary N) is 1. The van der Waals surface area contributed by atoms with Gasteiger partial charge < -0.3 is 5.73 Å². The van der Waals surface area contributed by atoms with Crippen LogP contribution in [0.2, 0.25) is 0 Å². The summed E-state index contributed by atoms with van der Waals surface area (Å²) in [4.78, 5) is 12.6. The second-order valence-corrected chi connectivity index (χ2v) is 5.01. The third kappa shape index (κ3) is 2.85. The van der Waals surface area contributed by atoms with Crippen LogP contribution in [-0.2, 0) is 6.54 Å². The van der Waals surface area contributed by atoms with Gasteiger partial charge in [0.15, 0.2) is 0 Å². The van der Waals surface area contributed by atoms with Crippen molar-refractivity contribution in [2.45, 2.75) is 13.5 Å². The molecule has 2 N–H and O–H groups in total. The minimum atomic E-state index is -0.456. The number of aryl methyl sites for hydroxylation is 1. The molecule has 0 aliphatic rings. The van der Waals surface area contributed by atoms with Gasteiger partial charge in [0.25, 0.3) is 0 Å². The lowest BCUT2D eigenvalue weighted by molar-refractivity contribution is 0.100. The number of primary amides is 1. The molecule has 0 spiro atoms. The first kappa shape index (κ1) is 13.9. The molecule has 1 aromatic heterocycles. The van der Waals surface area contributed by atoms with Crippen molar-refractivity contribution in [3.63, 3.8) is 0 Å². The zero-order chi connectivity index (χ0) is 15.5. The number of benzene rings is 2. The fourth-order valence-electron chi connectivity index (χ4n) is 2.15. The van der Waals surface area contributed by atoms with E-state index >= 15 is 0 Å². The maximum atomic E-state index is 11.1. The molecule has 0 fully saturated rings. The number of hydrogen-bond donors (Lipinski definition) is 1. The molecular formula is C16H15N5O. The van der Waals surface area contributed by atoms with Crippen molar-refractivity contribution in [3.8, 4) is 11.4 Å². The molecule has 0 atom stereocenters. The van der Waals surface area contributed by atoms with Gasteiger partial charge >= 0.3 is 0 Å². The molecule has 1 amide bonds. The van der Waals surface area contributed by atoms with Crippen LogP contribution in [-0.4, -0.2) is 26.1 Å². The quantitative estimate of drug-likeness (QED) is 0.794. The summed E-state index contributed by atoms with van der Waals surface area (Å²) in [6.07, 6.45) is 0. The van der Waals surface area contributed by atoms with E-state index in [1.165, 1.54) is 5.56 Å². The molecule has 0 unspecified atom stereocenters. The van der Waals surface area contributed by atoms with E-state index in [0.717, 1.165) is 11.1 Å². The summed E-state index contributed by atoms with van der Waals surface area (Å²) in [6.45, 7) is 2.62. The summed E-state index contributed by atoms with van der Waals surface area (Å²) in [6, 6.07) is 14.9. The number of carbonyl (C=O) groups is 1. The summed E-state index contributed by atoms with van der Waals surface area (Å²) < 4.78 is 0. The molecule has 0 aliphatic heterocycles. The van der Waals surface area contributed by atoms with Crippen LogP contribution in [0.3, 0.4) is 0 Å². The van der Waals surface area contributed by atoms with E-state index in [1.54, 1.807) is 29.1 Å². The normalized spacial score (nSPS) is 10.6. The highest BCUT2D eigenvalue weighted by Gasteiger charge is 2.08. The Kier molecular flexibility index (Phi) is 3.65. The summed E-state index contributed by atoms with van der Waals surface area (Å²) >= 11 is 0. The van der Waals surface area contributed by atoms with Crippen LogP contribution in [0.4, 0.5) is 0 Å². The Morgan fingerprint density at radius 3 is 2.55 bits per heavy atom. The molecule has 3 rings (SSSR count). The highest BCUT2D eigenvalue weighted by molar-refractivity contribution is 5.93. The van der Waals surface area contributed by atoms with E-state index in [1.807, 2.05) is 18.2 Å². The molecule has 0 radical (unpaired) electrons. The van der Waals surface area contributed by atoms with Crippen LogP contribution in [0.25, 0.3) is 11.4 Å². The number of hydrogen-bond acceptors (Lipinski definition) is 4. The van der Waals surface area contributed by atoms with Gasteiger partial charge in [-0.3, -0.25) is 4.79 Å². The number of carbonyl (C=O) groups excluding carboxylic acids is 1. The summed E-state index contributed by atoms with van der Waals surface area (Å²) in [7, 11) is 0. The van der Waals surface area contributed by atoms with Gasteiger partial charge in [0.1, 0.15) is 0 Å². The van der Waals surface area contributed by atoms with E-state index in [-0.39, 0.29) is 0 Å². The van der Waals surface area contributed by atoms with Gasteiger partial charge in [-0.25, -0.2) is 0 Å². The molecule has 6 heteroatoms. The minimum Gasteiger partial charge on any atom is -0.366 e. The highest BCUT2D eigenvalue weighted by Crippen LogP contribution is 2.15. The summed E-state index contributed by atoms with van der Waals surface area (Å²) in [5.74, 6) is 0.0623. The van der Waals surface area contributed by atoms with Crippen LogP contribution in [0.15, 0.2) is 48.5 Å². The highest BCUT2D eigenvalue weighted by atomic mass is 16.1. The molecule has 0 bridgehead atoms. The molecule has 3 aromatic rings. The standard InChI is InChI=1S/C16H15N5O/c1-11-4-2-3-5-14(11)10-21-19-16(18-20-21)13-8-6-12(7-9-13)15(17)22/h2-9H,10H2,1H3,(H2,17,22).